The van der Waals surface area contributed by atoms with Crippen LogP contribution in [0.3, 0.4) is 0 Å². The zero-order chi connectivity index (χ0) is 14.8. The zero-order valence-corrected chi connectivity index (χ0v) is 12.3. The third kappa shape index (κ3) is 3.43. The highest BCUT2D eigenvalue weighted by Gasteiger charge is 2.38. The van der Waals surface area contributed by atoms with E-state index in [0.29, 0.717) is 5.92 Å². The molecule has 2 aromatic carbocycles. The van der Waals surface area contributed by atoms with E-state index in [4.69, 9.17) is 4.74 Å². The minimum atomic E-state index is 0.120. The fourth-order valence-electron chi connectivity index (χ4n) is 2.34. The first-order valence-electron chi connectivity index (χ1n) is 7.27. The summed E-state index contributed by atoms with van der Waals surface area (Å²) in [7, 11) is 0. The van der Waals surface area contributed by atoms with Gasteiger partial charge in [-0.05, 0) is 61.2 Å². The maximum absolute atomic E-state index is 11.9. The summed E-state index contributed by atoms with van der Waals surface area (Å²) in [6.07, 6.45) is 1.00. The second kappa shape index (κ2) is 5.60. The van der Waals surface area contributed by atoms with E-state index in [9.17, 15) is 4.79 Å². The van der Waals surface area contributed by atoms with Crippen molar-refractivity contribution in [2.24, 2.45) is 11.8 Å². The van der Waals surface area contributed by atoms with Gasteiger partial charge in [0, 0.05) is 11.6 Å². The topological polar surface area (TPSA) is 38.3 Å². The summed E-state index contributed by atoms with van der Waals surface area (Å²) < 4.78 is 5.78. The lowest BCUT2D eigenvalue weighted by Gasteiger charge is -2.08. The van der Waals surface area contributed by atoms with Gasteiger partial charge in [-0.15, -0.1) is 0 Å². The molecule has 2 aromatic rings. The average Bonchev–Trinajstić information content (AvgIpc) is 3.18. The van der Waals surface area contributed by atoms with Crippen molar-refractivity contribution in [1.29, 1.82) is 0 Å². The highest BCUT2D eigenvalue weighted by atomic mass is 16.5. The first kappa shape index (κ1) is 13.7. The molecule has 1 aliphatic carbocycles. The van der Waals surface area contributed by atoms with Gasteiger partial charge in [0.25, 0.3) is 0 Å². The van der Waals surface area contributed by atoms with Crippen molar-refractivity contribution < 1.29 is 9.53 Å². The van der Waals surface area contributed by atoms with E-state index in [1.807, 2.05) is 55.5 Å². The van der Waals surface area contributed by atoms with Crippen LogP contribution in [-0.4, -0.2) is 5.91 Å². The molecule has 1 saturated carbocycles. The number of nitrogens with one attached hydrogen (secondary N) is 1. The van der Waals surface area contributed by atoms with Gasteiger partial charge in [0.1, 0.15) is 11.5 Å². The molecule has 21 heavy (non-hydrogen) atoms. The minimum Gasteiger partial charge on any atom is -0.457 e. The number of anilines is 1. The molecule has 3 rings (SSSR count). The Morgan fingerprint density at radius 2 is 1.86 bits per heavy atom. The summed E-state index contributed by atoms with van der Waals surface area (Å²) in [5, 5.41) is 2.94. The van der Waals surface area contributed by atoms with Crippen LogP contribution >= 0.6 is 0 Å². The van der Waals surface area contributed by atoms with Gasteiger partial charge < -0.3 is 10.1 Å². The minimum absolute atomic E-state index is 0.120. The molecule has 0 unspecified atom stereocenters. The van der Waals surface area contributed by atoms with Gasteiger partial charge in [-0.25, -0.2) is 0 Å². The molecule has 0 radical (unpaired) electrons. The van der Waals surface area contributed by atoms with Gasteiger partial charge in [-0.3, -0.25) is 4.79 Å². The van der Waals surface area contributed by atoms with Gasteiger partial charge in [0.15, 0.2) is 0 Å². The second-order valence-electron chi connectivity index (χ2n) is 5.75. The van der Waals surface area contributed by atoms with E-state index in [1.165, 1.54) is 0 Å². The molecular formula is C18H19NO2. The molecule has 3 nitrogen and oxygen atoms in total. The molecule has 0 aromatic heterocycles. The number of carbonyl (C=O) groups excluding carboxylic acids is 1. The Hall–Kier alpha value is -2.29. The van der Waals surface area contributed by atoms with E-state index in [2.05, 4.69) is 12.2 Å². The standard InChI is InChI=1S/C18H19NO2/c1-12-4-3-5-16(10-12)21-15-8-6-14(7-9-15)19-18(20)17-11-13(17)2/h3-10,13,17H,11H2,1-2H3,(H,19,20)/t13-,17+/m0/s1. The Bertz CT molecular complexity index is 649. The Labute approximate surface area is 124 Å². The molecule has 0 bridgehead atoms. The van der Waals surface area contributed by atoms with E-state index in [0.717, 1.165) is 29.2 Å². The number of hydrogen-bond donors (Lipinski definition) is 1. The van der Waals surface area contributed by atoms with Gasteiger partial charge in [-0.1, -0.05) is 19.1 Å². The number of carbonyl (C=O) groups is 1. The lowest BCUT2D eigenvalue weighted by atomic mass is 10.2. The lowest BCUT2D eigenvalue weighted by Crippen LogP contribution is -2.14. The third-order valence-corrected chi connectivity index (χ3v) is 3.79. The van der Waals surface area contributed by atoms with Crippen molar-refractivity contribution in [3.8, 4) is 11.5 Å². The normalized spacial score (nSPS) is 19.9. The van der Waals surface area contributed by atoms with E-state index >= 15 is 0 Å². The zero-order valence-electron chi connectivity index (χ0n) is 12.3. The van der Waals surface area contributed by atoms with Crippen LogP contribution in [0.15, 0.2) is 48.5 Å². The Kier molecular flexibility index (Phi) is 3.65. The molecule has 2 atom stereocenters. The molecule has 1 fully saturated rings. The van der Waals surface area contributed by atoms with Gasteiger partial charge in [0.05, 0.1) is 0 Å². The molecule has 108 valence electrons. The highest BCUT2D eigenvalue weighted by molar-refractivity contribution is 5.94. The maximum atomic E-state index is 11.9. The fourth-order valence-corrected chi connectivity index (χ4v) is 2.34. The number of benzene rings is 2. The average molecular weight is 281 g/mol. The molecule has 1 N–H and O–H groups in total. The molecule has 0 aliphatic heterocycles. The number of aryl methyl sites for hydroxylation is 1. The summed E-state index contributed by atoms with van der Waals surface area (Å²) in [6.45, 7) is 4.13. The maximum Gasteiger partial charge on any atom is 0.227 e. The fraction of sp³-hybridized carbons (Fsp3) is 0.278. The van der Waals surface area contributed by atoms with Crippen molar-refractivity contribution in [3.63, 3.8) is 0 Å². The monoisotopic (exact) mass is 281 g/mol. The number of hydrogen-bond acceptors (Lipinski definition) is 2. The van der Waals surface area contributed by atoms with E-state index in [-0.39, 0.29) is 11.8 Å². The summed E-state index contributed by atoms with van der Waals surface area (Å²) in [5.41, 5.74) is 1.98. The number of amides is 1. The molecule has 0 spiro atoms. The first-order chi connectivity index (χ1) is 10.1. The van der Waals surface area contributed by atoms with E-state index in [1.54, 1.807) is 0 Å². The molecule has 0 heterocycles. The Balaban J connectivity index is 1.62. The van der Waals surface area contributed by atoms with Crippen molar-refractivity contribution >= 4 is 11.6 Å². The summed E-state index contributed by atoms with van der Waals surface area (Å²) in [4.78, 5) is 11.9. The molecule has 3 heteroatoms. The summed E-state index contributed by atoms with van der Waals surface area (Å²) in [6, 6.07) is 15.4. The van der Waals surface area contributed by atoms with Gasteiger partial charge in [0.2, 0.25) is 5.91 Å². The predicted molar refractivity (Wildman–Crippen MR) is 83.6 cm³/mol. The summed E-state index contributed by atoms with van der Waals surface area (Å²) >= 11 is 0. The quantitative estimate of drug-likeness (QED) is 0.903. The van der Waals surface area contributed by atoms with Crippen molar-refractivity contribution in [1.82, 2.24) is 0 Å². The Morgan fingerprint density at radius 1 is 1.14 bits per heavy atom. The van der Waals surface area contributed by atoms with Crippen LogP contribution in [-0.2, 0) is 4.79 Å². The summed E-state index contributed by atoms with van der Waals surface area (Å²) in [5.74, 6) is 2.41. The van der Waals surface area contributed by atoms with Crippen molar-refractivity contribution in [2.75, 3.05) is 5.32 Å². The lowest BCUT2D eigenvalue weighted by molar-refractivity contribution is -0.117. The smallest absolute Gasteiger partial charge is 0.227 e. The first-order valence-corrected chi connectivity index (χ1v) is 7.27. The number of rotatable bonds is 4. The van der Waals surface area contributed by atoms with Crippen molar-refractivity contribution in [2.45, 2.75) is 20.3 Å². The van der Waals surface area contributed by atoms with Crippen molar-refractivity contribution in [3.05, 3.63) is 54.1 Å². The van der Waals surface area contributed by atoms with Crippen LogP contribution < -0.4 is 10.1 Å². The van der Waals surface area contributed by atoms with Crippen LogP contribution in [0.5, 0.6) is 11.5 Å². The SMILES string of the molecule is Cc1cccc(Oc2ccc(NC(=O)[C@@H]3C[C@@H]3C)cc2)c1. The highest BCUT2D eigenvalue weighted by Crippen LogP contribution is 2.38. The molecule has 0 saturated heterocycles. The van der Waals surface area contributed by atoms with Gasteiger partial charge >= 0.3 is 0 Å². The second-order valence-corrected chi connectivity index (χ2v) is 5.75. The van der Waals surface area contributed by atoms with Crippen LogP contribution in [0, 0.1) is 18.8 Å². The van der Waals surface area contributed by atoms with Crippen LogP contribution in [0.2, 0.25) is 0 Å². The number of ether oxygens (including phenoxy) is 1. The van der Waals surface area contributed by atoms with Gasteiger partial charge in [-0.2, -0.15) is 0 Å². The van der Waals surface area contributed by atoms with Crippen LogP contribution in [0.1, 0.15) is 18.9 Å². The molecule has 1 amide bonds. The predicted octanol–water partition coefficient (Wildman–Crippen LogP) is 4.38. The van der Waals surface area contributed by atoms with E-state index < -0.39 is 0 Å². The van der Waals surface area contributed by atoms with Crippen LogP contribution in [0.4, 0.5) is 5.69 Å². The largest absolute Gasteiger partial charge is 0.457 e. The van der Waals surface area contributed by atoms with Crippen LogP contribution in [0.25, 0.3) is 0 Å². The Morgan fingerprint density at radius 3 is 2.48 bits per heavy atom. The third-order valence-electron chi connectivity index (χ3n) is 3.79. The molecule has 1 aliphatic rings. The molecular weight excluding hydrogens is 262 g/mol.